The van der Waals surface area contributed by atoms with Crippen molar-refractivity contribution < 1.29 is 24.5 Å². The standard InChI is InChI=1S/C74H143NO5/c1-3-5-7-9-11-13-15-16-40-44-48-52-56-60-64-68-74(79)80-69-65-61-57-53-49-45-42-39-37-35-33-31-29-27-25-23-21-19-17-18-20-22-24-26-28-30-32-34-36-38-41-43-47-51-55-59-63-67-73(78)75-71(70-76)72(77)66-62-58-54-50-46-14-12-10-8-6-4-2/h16,40,62,66,71-72,76-77H,3-15,17-39,41-61,63-65,67-70H2,1-2H3,(H,75,78)/b40-16-,66-62+. The van der Waals surface area contributed by atoms with Gasteiger partial charge in [-0.3, -0.25) is 9.59 Å². The van der Waals surface area contributed by atoms with E-state index in [0.29, 0.717) is 19.4 Å². The highest BCUT2D eigenvalue weighted by Crippen LogP contribution is 2.19. The van der Waals surface area contributed by atoms with Crippen LogP contribution in [0.15, 0.2) is 24.3 Å². The Labute approximate surface area is 501 Å². The van der Waals surface area contributed by atoms with Crippen LogP contribution >= 0.6 is 0 Å². The molecular weight excluding hydrogens is 983 g/mol. The second-order valence-corrected chi connectivity index (χ2v) is 25.3. The quantitative estimate of drug-likeness (QED) is 0.0320. The summed E-state index contributed by atoms with van der Waals surface area (Å²) < 4.78 is 5.50. The number of aliphatic hydroxyl groups is 2. The van der Waals surface area contributed by atoms with Gasteiger partial charge in [-0.2, -0.15) is 0 Å². The average Bonchev–Trinajstić information content (AvgIpc) is 3.46. The SMILES string of the molecule is CCCCCCCC/C=C\CCCCCCCC(=O)OCCCCCCCCCCCCCCCCCCCCCCCCCCCCCCCCCCCCCCCC(=O)NC(CO)C(O)/C=C/CCCCCCCCCCC. The largest absolute Gasteiger partial charge is 0.466 e. The number of rotatable bonds is 69. The Morgan fingerprint density at radius 1 is 0.338 bits per heavy atom. The number of amides is 1. The molecule has 0 aliphatic carbocycles. The van der Waals surface area contributed by atoms with Gasteiger partial charge in [-0.25, -0.2) is 0 Å². The van der Waals surface area contributed by atoms with E-state index in [1.165, 1.54) is 340 Å². The molecule has 2 unspecified atom stereocenters. The fourth-order valence-corrected chi connectivity index (χ4v) is 11.6. The normalized spacial score (nSPS) is 12.6. The summed E-state index contributed by atoms with van der Waals surface area (Å²) in [6, 6.07) is -0.621. The Hall–Kier alpha value is -1.66. The van der Waals surface area contributed by atoms with Crippen LogP contribution in [0, 0.1) is 0 Å². The van der Waals surface area contributed by atoms with Crippen LogP contribution in [0.25, 0.3) is 0 Å². The number of hydrogen-bond acceptors (Lipinski definition) is 5. The number of hydrogen-bond donors (Lipinski definition) is 3. The van der Waals surface area contributed by atoms with Crippen LogP contribution in [0.2, 0.25) is 0 Å². The monoisotopic (exact) mass is 1130 g/mol. The molecule has 0 spiro atoms. The first-order valence-electron chi connectivity index (χ1n) is 36.6. The molecule has 0 aliphatic heterocycles. The number of carbonyl (C=O) groups is 2. The zero-order valence-electron chi connectivity index (χ0n) is 54.3. The zero-order chi connectivity index (χ0) is 57.8. The van der Waals surface area contributed by atoms with E-state index in [1.54, 1.807) is 6.08 Å². The fraction of sp³-hybridized carbons (Fsp3) is 0.919. The maximum atomic E-state index is 12.4. The van der Waals surface area contributed by atoms with Gasteiger partial charge in [0.05, 0.1) is 25.4 Å². The van der Waals surface area contributed by atoms with E-state index in [1.807, 2.05) is 6.08 Å². The maximum absolute atomic E-state index is 12.4. The lowest BCUT2D eigenvalue weighted by Crippen LogP contribution is -2.45. The van der Waals surface area contributed by atoms with Crippen molar-refractivity contribution >= 4 is 11.9 Å². The summed E-state index contributed by atoms with van der Waals surface area (Å²) in [5.41, 5.74) is 0. The molecule has 6 nitrogen and oxygen atoms in total. The zero-order valence-corrected chi connectivity index (χ0v) is 54.3. The fourth-order valence-electron chi connectivity index (χ4n) is 11.6. The van der Waals surface area contributed by atoms with Crippen LogP contribution in [-0.2, 0) is 14.3 Å². The van der Waals surface area contributed by atoms with Gasteiger partial charge in [0, 0.05) is 12.8 Å². The lowest BCUT2D eigenvalue weighted by atomic mass is 10.0. The highest BCUT2D eigenvalue weighted by atomic mass is 16.5. The third-order valence-corrected chi connectivity index (χ3v) is 17.2. The first-order chi connectivity index (χ1) is 39.5. The molecule has 80 heavy (non-hydrogen) atoms. The Morgan fingerprint density at radius 3 is 0.887 bits per heavy atom. The summed E-state index contributed by atoms with van der Waals surface area (Å²) >= 11 is 0. The predicted octanol–water partition coefficient (Wildman–Crippen LogP) is 23.7. The lowest BCUT2D eigenvalue weighted by Gasteiger charge is -2.20. The molecule has 474 valence electrons. The van der Waals surface area contributed by atoms with Crippen molar-refractivity contribution in [3.63, 3.8) is 0 Å². The van der Waals surface area contributed by atoms with E-state index in [0.717, 1.165) is 44.9 Å². The van der Waals surface area contributed by atoms with E-state index < -0.39 is 12.1 Å². The minimum Gasteiger partial charge on any atom is -0.466 e. The van der Waals surface area contributed by atoms with Crippen molar-refractivity contribution in [2.45, 2.75) is 424 Å². The molecule has 0 aromatic heterocycles. The van der Waals surface area contributed by atoms with Crippen LogP contribution in [0.3, 0.4) is 0 Å². The summed E-state index contributed by atoms with van der Waals surface area (Å²) in [6.07, 6.45) is 88.7. The van der Waals surface area contributed by atoms with Crippen molar-refractivity contribution in [1.82, 2.24) is 5.32 Å². The number of aliphatic hydroxyl groups excluding tert-OH is 2. The van der Waals surface area contributed by atoms with Gasteiger partial charge in [0.2, 0.25) is 5.91 Å². The Kier molecular flexibility index (Phi) is 68.4. The second-order valence-electron chi connectivity index (χ2n) is 25.3. The minimum absolute atomic E-state index is 0.0158. The lowest BCUT2D eigenvalue weighted by molar-refractivity contribution is -0.143. The highest BCUT2D eigenvalue weighted by molar-refractivity contribution is 5.76. The minimum atomic E-state index is -0.838. The van der Waals surface area contributed by atoms with E-state index in [2.05, 4.69) is 31.3 Å². The molecule has 2 atom stereocenters. The maximum Gasteiger partial charge on any atom is 0.305 e. The van der Waals surface area contributed by atoms with Crippen LogP contribution in [0.1, 0.15) is 412 Å². The van der Waals surface area contributed by atoms with Crippen LogP contribution < -0.4 is 5.32 Å². The van der Waals surface area contributed by atoms with Gasteiger partial charge in [0.1, 0.15) is 0 Å². The van der Waals surface area contributed by atoms with Crippen molar-refractivity contribution in [3.05, 3.63) is 24.3 Å². The summed E-state index contributed by atoms with van der Waals surface area (Å²) in [7, 11) is 0. The molecule has 0 fully saturated rings. The summed E-state index contributed by atoms with van der Waals surface area (Å²) in [5.74, 6) is -0.0459. The number of esters is 1. The molecule has 0 aliphatic rings. The third-order valence-electron chi connectivity index (χ3n) is 17.2. The summed E-state index contributed by atoms with van der Waals surface area (Å²) in [5, 5.41) is 23.1. The highest BCUT2D eigenvalue weighted by Gasteiger charge is 2.18. The molecule has 3 N–H and O–H groups in total. The van der Waals surface area contributed by atoms with Gasteiger partial charge in [0.25, 0.3) is 0 Å². The first-order valence-corrected chi connectivity index (χ1v) is 36.6. The van der Waals surface area contributed by atoms with Crippen LogP contribution in [0.4, 0.5) is 0 Å². The molecule has 1 amide bonds. The number of carbonyl (C=O) groups excluding carboxylic acids is 2. The number of unbranched alkanes of at least 4 members (excludes halogenated alkanes) is 56. The van der Waals surface area contributed by atoms with E-state index in [4.69, 9.17) is 4.74 Å². The molecule has 6 heteroatoms. The number of ether oxygens (including phenoxy) is 1. The van der Waals surface area contributed by atoms with Crippen molar-refractivity contribution in [2.24, 2.45) is 0 Å². The number of nitrogens with one attached hydrogen (secondary N) is 1. The van der Waals surface area contributed by atoms with Crippen LogP contribution in [0.5, 0.6) is 0 Å². The van der Waals surface area contributed by atoms with Crippen molar-refractivity contribution in [3.8, 4) is 0 Å². The van der Waals surface area contributed by atoms with Crippen LogP contribution in [-0.4, -0.2) is 47.4 Å². The summed E-state index contributed by atoms with van der Waals surface area (Å²) in [4.78, 5) is 24.5. The van der Waals surface area contributed by atoms with E-state index >= 15 is 0 Å². The Morgan fingerprint density at radius 2 is 0.588 bits per heavy atom. The van der Waals surface area contributed by atoms with E-state index in [9.17, 15) is 19.8 Å². The Balaban J connectivity index is 3.28. The first kappa shape index (κ1) is 78.3. The van der Waals surface area contributed by atoms with Gasteiger partial charge < -0.3 is 20.3 Å². The van der Waals surface area contributed by atoms with Gasteiger partial charge in [-0.05, 0) is 57.8 Å². The van der Waals surface area contributed by atoms with Crippen molar-refractivity contribution in [1.29, 1.82) is 0 Å². The summed E-state index contributed by atoms with van der Waals surface area (Å²) in [6.45, 7) is 4.91. The van der Waals surface area contributed by atoms with Gasteiger partial charge in [-0.15, -0.1) is 0 Å². The van der Waals surface area contributed by atoms with Crippen molar-refractivity contribution in [2.75, 3.05) is 13.2 Å². The number of allylic oxidation sites excluding steroid dienone is 3. The van der Waals surface area contributed by atoms with E-state index in [-0.39, 0.29) is 18.5 Å². The molecule has 0 bridgehead atoms. The molecule has 0 heterocycles. The van der Waals surface area contributed by atoms with Gasteiger partial charge in [0.15, 0.2) is 0 Å². The molecule has 0 saturated heterocycles. The molecule has 0 radical (unpaired) electrons. The topological polar surface area (TPSA) is 95.9 Å². The molecule has 0 aromatic rings. The second kappa shape index (κ2) is 69.8. The van der Waals surface area contributed by atoms with Gasteiger partial charge in [-0.1, -0.05) is 366 Å². The molecule has 0 rings (SSSR count). The third kappa shape index (κ3) is 65.5. The predicted molar refractivity (Wildman–Crippen MR) is 352 cm³/mol. The van der Waals surface area contributed by atoms with Gasteiger partial charge >= 0.3 is 5.97 Å². The smallest absolute Gasteiger partial charge is 0.305 e. The molecular formula is C74H143NO5. The molecule has 0 saturated carbocycles. The molecule has 0 aromatic carbocycles. The Bertz CT molecular complexity index is 1250. The average molecular weight is 1130 g/mol.